The third kappa shape index (κ3) is 17.1. The highest BCUT2D eigenvalue weighted by Crippen LogP contribution is 2.37. The lowest BCUT2D eigenvalue weighted by molar-refractivity contribution is -0.141. The second-order valence-corrected chi connectivity index (χ2v) is 27.6. The molecule has 0 saturated carbocycles. The zero-order valence-electron chi connectivity index (χ0n) is 65.4. The predicted octanol–water partition coefficient (Wildman–Crippen LogP) is 16.7. The van der Waals surface area contributed by atoms with Crippen LogP contribution in [-0.4, -0.2) is 101 Å². The summed E-state index contributed by atoms with van der Waals surface area (Å²) in [6.07, 6.45) is -2.06. The molecular weight excluding hydrogens is 1540 g/mol. The van der Waals surface area contributed by atoms with Gasteiger partial charge in [-0.05, 0) is 77.9 Å². The molecule has 0 saturated heterocycles. The van der Waals surface area contributed by atoms with E-state index in [1.165, 1.54) is 80.1 Å². The number of aryl methyl sites for hydroxylation is 6. The molecule has 12 heterocycles. The Bertz CT molecular complexity index is 6500. The Kier molecular flexibility index (Phi) is 23.4. The summed E-state index contributed by atoms with van der Waals surface area (Å²) < 4.78 is 198. The maximum atomic E-state index is 15.2. The fraction of sp³-hybridized carbons (Fsp3) is 0.296. The SMILES string of the molecule is C.C.C.CC(C)c1ncccc1-c1ncc2c(n1)n(Cc1c(F)cc(-c3nc(C(F)(F)F)cn3C)cc1F)c(=O)n2C.CC(C)c1ncccc1-c1ncc2c(n1)n(Cc1ccc(-c3nc(C(F)(F)F)cn3C)cc1F)c(=O)n2C.[2H]C([2H])([2H])n1c(=O)n(Cc2ccc(-c3nc(C(F)(F)F)cn3C)cc2)c2nc(-c3cccnc3C(C)C)ncc21. The van der Waals surface area contributed by atoms with Gasteiger partial charge in [-0.15, -0.1) is 0 Å². The van der Waals surface area contributed by atoms with E-state index in [-0.39, 0.29) is 104 Å². The van der Waals surface area contributed by atoms with E-state index >= 15 is 13.2 Å². The minimum Gasteiger partial charge on any atom is -0.333 e. The number of halogens is 12. The van der Waals surface area contributed by atoms with E-state index in [9.17, 15) is 53.9 Å². The summed E-state index contributed by atoms with van der Waals surface area (Å²) in [4.78, 5) is 90.5. The average Bonchev–Trinajstić information content (AvgIpc) is 1.60. The number of aromatic nitrogens is 21. The third-order valence-corrected chi connectivity index (χ3v) is 18.7. The number of hydrogen-bond donors (Lipinski definition) is 0. The van der Waals surface area contributed by atoms with Gasteiger partial charge in [-0.2, -0.15) is 39.5 Å². The van der Waals surface area contributed by atoms with Gasteiger partial charge in [-0.25, -0.2) is 72.4 Å². The number of hydrogen-bond acceptors (Lipinski definition) is 15. The molecule has 0 fully saturated rings. The van der Waals surface area contributed by atoms with Crippen LogP contribution in [0, 0.1) is 17.5 Å². The van der Waals surface area contributed by atoms with Gasteiger partial charge in [-0.3, -0.25) is 42.4 Å². The van der Waals surface area contributed by atoms with Crippen LogP contribution < -0.4 is 17.1 Å². The van der Waals surface area contributed by atoms with E-state index < -0.39 is 89.2 Å². The van der Waals surface area contributed by atoms with Gasteiger partial charge in [0.2, 0.25) is 0 Å². The van der Waals surface area contributed by atoms with Gasteiger partial charge in [0.1, 0.15) is 51.5 Å². The number of benzene rings is 3. The van der Waals surface area contributed by atoms with Crippen molar-refractivity contribution in [1.29, 1.82) is 0 Å². The van der Waals surface area contributed by atoms with Crippen molar-refractivity contribution in [3.05, 3.63) is 247 Å². The van der Waals surface area contributed by atoms with Gasteiger partial charge >= 0.3 is 35.6 Å². The zero-order valence-corrected chi connectivity index (χ0v) is 62.4. The summed E-state index contributed by atoms with van der Waals surface area (Å²) in [5.41, 5.74) is 1.58. The van der Waals surface area contributed by atoms with E-state index in [1.807, 2.05) is 53.7 Å². The van der Waals surface area contributed by atoms with E-state index in [0.717, 1.165) is 68.6 Å². The van der Waals surface area contributed by atoms with Crippen LogP contribution in [0.25, 0.3) is 102 Å². The van der Waals surface area contributed by atoms with Crippen LogP contribution in [0.3, 0.4) is 0 Å². The van der Waals surface area contributed by atoms with Crippen molar-refractivity contribution in [3.63, 3.8) is 0 Å². The lowest BCUT2D eigenvalue weighted by Gasteiger charge is -2.11. The van der Waals surface area contributed by atoms with Gasteiger partial charge in [0.05, 0.1) is 55.3 Å². The molecule has 12 aromatic heterocycles. The maximum absolute atomic E-state index is 15.2. The van der Waals surface area contributed by atoms with Crippen molar-refractivity contribution < 1.29 is 56.8 Å². The van der Waals surface area contributed by atoms with E-state index in [4.69, 9.17) is 4.11 Å². The lowest BCUT2D eigenvalue weighted by atomic mass is 10.0. The maximum Gasteiger partial charge on any atom is 0.434 e. The van der Waals surface area contributed by atoms with E-state index in [0.29, 0.717) is 61.0 Å². The Labute approximate surface area is 665 Å². The minimum atomic E-state index is -4.71. The molecule has 117 heavy (non-hydrogen) atoms. The first-order valence-corrected chi connectivity index (χ1v) is 34.9. The molecule has 0 spiro atoms. The fourth-order valence-corrected chi connectivity index (χ4v) is 13.0. The Balaban J connectivity index is 0.000000187. The van der Waals surface area contributed by atoms with Crippen LogP contribution in [-0.2, 0) is 80.4 Å². The first-order chi connectivity index (χ1) is 55.1. The Hall–Kier alpha value is -13.1. The van der Waals surface area contributed by atoms with Crippen LogP contribution in [0.2, 0.25) is 0 Å². The molecule has 0 atom stereocenters. The van der Waals surface area contributed by atoms with Crippen molar-refractivity contribution >= 4 is 33.5 Å². The van der Waals surface area contributed by atoms with Crippen LogP contribution in [0.5, 0.6) is 0 Å². The van der Waals surface area contributed by atoms with Crippen LogP contribution >= 0.6 is 0 Å². The molecule has 0 unspecified atom stereocenters. The molecule has 0 aliphatic heterocycles. The van der Waals surface area contributed by atoms with Crippen molar-refractivity contribution in [3.8, 4) is 68.3 Å². The molecule has 36 heteroatoms. The normalized spacial score (nSPS) is 12.3. The van der Waals surface area contributed by atoms with Crippen molar-refractivity contribution in [2.75, 3.05) is 0 Å². The summed E-state index contributed by atoms with van der Waals surface area (Å²) >= 11 is 0. The number of pyridine rings is 3. The highest BCUT2D eigenvalue weighted by atomic mass is 19.4. The summed E-state index contributed by atoms with van der Waals surface area (Å²) in [6, 6.07) is 23.0. The van der Waals surface area contributed by atoms with Crippen molar-refractivity contribution in [1.82, 2.24) is 101 Å². The summed E-state index contributed by atoms with van der Waals surface area (Å²) in [5, 5.41) is 0. The first kappa shape index (κ1) is 81.9. The first-order valence-electron chi connectivity index (χ1n) is 36.4. The third-order valence-electron chi connectivity index (χ3n) is 18.7. The molecule has 15 rings (SSSR count). The van der Waals surface area contributed by atoms with Gasteiger partial charge in [0.15, 0.2) is 51.5 Å². The van der Waals surface area contributed by atoms with Crippen molar-refractivity contribution in [2.45, 2.75) is 120 Å². The second kappa shape index (κ2) is 33.4. The van der Waals surface area contributed by atoms with Crippen LogP contribution in [0.15, 0.2) is 161 Å². The quantitative estimate of drug-likeness (QED) is 0.0865. The molecule has 15 aromatic rings. The molecule has 0 aliphatic rings. The molecule has 0 radical (unpaired) electrons. The highest BCUT2D eigenvalue weighted by molar-refractivity contribution is 5.77. The Morgan fingerprint density at radius 3 is 1.09 bits per heavy atom. The van der Waals surface area contributed by atoms with Crippen LogP contribution in [0.1, 0.15) is 137 Å². The molecule has 24 nitrogen and oxygen atoms in total. The van der Waals surface area contributed by atoms with Gasteiger partial charge in [0, 0.05) is 128 Å². The summed E-state index contributed by atoms with van der Waals surface area (Å²) in [5.74, 6) is -1.72. The number of rotatable bonds is 15. The molecule has 0 aliphatic carbocycles. The van der Waals surface area contributed by atoms with Crippen molar-refractivity contribution in [2.24, 2.45) is 42.2 Å². The van der Waals surface area contributed by atoms with Gasteiger partial charge in [-0.1, -0.05) is 100 Å². The topological polar surface area (TPSA) is 250 Å². The number of nitrogens with zero attached hydrogens (tertiary/aromatic N) is 21. The molecule has 0 amide bonds. The smallest absolute Gasteiger partial charge is 0.333 e. The zero-order chi connectivity index (χ0) is 84.6. The van der Waals surface area contributed by atoms with E-state index in [1.54, 1.807) is 80.4 Å². The second-order valence-electron chi connectivity index (χ2n) is 27.6. The highest BCUT2D eigenvalue weighted by Gasteiger charge is 2.37. The van der Waals surface area contributed by atoms with Gasteiger partial charge < -0.3 is 13.7 Å². The molecule has 0 N–H and O–H groups in total. The predicted molar refractivity (Wildman–Crippen MR) is 419 cm³/mol. The Morgan fingerprint density at radius 2 is 0.726 bits per heavy atom. The standard InChI is InChI=1S/C26H22F5N7O.C26H23F4N7O.C26H24F3N7O.3CH4/c1-13(2)21-15(6-5-7-32-21)22-33-10-19-24(35-22)38(25(39)37(19)4)11-16-17(27)8-14(9-18(16)28)23-34-20(12-36(23)3)26(29,30)31;1-14(2)21-17(6-5-9-31-21)22-32-11-19-24(34-22)37(25(38)36(19)4)12-16-8-7-15(10-18(16)27)23-33-20(13-35(23)3)26(28,29)30;1-15(2)21-18(6-5-11-30-21)22-31-12-19-24(33-22)36(25(37)35(19)4)13-16-7-9-17(10-8-16)23-32-20(14-34(23)3)26(27,28)29;;;/h5-10,12-13H,11H2,1-4H3;5-11,13-14H,12H2,1-4H3;5-12,14-15H,13H2,1-4H3;3*1H4/i;;4D3;;;. The van der Waals surface area contributed by atoms with E-state index in [2.05, 4.69) is 59.8 Å². The lowest BCUT2D eigenvalue weighted by Crippen LogP contribution is -2.23. The number of imidazole rings is 6. The molecule has 612 valence electrons. The monoisotopic (exact) mass is 1630 g/mol. The summed E-state index contributed by atoms with van der Waals surface area (Å²) in [7, 11) is 7.24. The number of fused-ring (bicyclic) bond motifs is 3. The minimum absolute atomic E-state index is 0. The molecular formula is C81H81F12N21O3. The molecule has 3 aromatic carbocycles. The number of alkyl halides is 9. The summed E-state index contributed by atoms with van der Waals surface area (Å²) in [6.45, 7) is 8.43. The average molecular weight is 1630 g/mol. The Morgan fingerprint density at radius 1 is 0.393 bits per heavy atom. The fourth-order valence-electron chi connectivity index (χ4n) is 13.0. The van der Waals surface area contributed by atoms with Crippen LogP contribution in [0.4, 0.5) is 52.7 Å². The largest absolute Gasteiger partial charge is 0.434 e. The molecule has 0 bridgehead atoms. The van der Waals surface area contributed by atoms with Gasteiger partial charge in [0.25, 0.3) is 0 Å².